The lowest BCUT2D eigenvalue weighted by Crippen LogP contribution is -2.26. The van der Waals surface area contributed by atoms with E-state index in [1.165, 1.54) is 12.4 Å². The first-order valence-corrected chi connectivity index (χ1v) is 9.16. The Morgan fingerprint density at radius 1 is 1.35 bits per heavy atom. The van der Waals surface area contributed by atoms with Gasteiger partial charge in [0.15, 0.2) is 5.82 Å². The Labute approximate surface area is 154 Å². The third-order valence-electron chi connectivity index (χ3n) is 4.38. The van der Waals surface area contributed by atoms with Gasteiger partial charge in [-0.3, -0.25) is 4.79 Å². The van der Waals surface area contributed by atoms with Crippen molar-refractivity contribution < 1.29 is 9.18 Å². The molecule has 1 N–H and O–H groups in total. The largest absolute Gasteiger partial charge is 0.351 e. The molecule has 0 radical (unpaired) electrons. The normalized spacial score (nSPS) is 19.8. The standard InChI is InChI=1S/C18H23FN5OP/c1-11(2)15-21-8-13(9-22-15)17(25)23-14-12(3)4-6-20-16(14)24-7-5-18(19,26)10-24/h4,6,8-9,11H,5,7,10,26H2,1-3H3,(H,23,25). The van der Waals surface area contributed by atoms with E-state index in [2.05, 4.69) is 29.5 Å². The number of pyridine rings is 1. The van der Waals surface area contributed by atoms with Crippen molar-refractivity contribution in [3.05, 3.63) is 41.6 Å². The fourth-order valence-corrected chi connectivity index (χ4v) is 3.20. The molecule has 2 unspecified atom stereocenters. The number of aromatic nitrogens is 3. The van der Waals surface area contributed by atoms with Gasteiger partial charge in [-0.05, 0) is 18.6 Å². The van der Waals surface area contributed by atoms with E-state index in [9.17, 15) is 9.18 Å². The fraction of sp³-hybridized carbons (Fsp3) is 0.444. The Balaban J connectivity index is 1.84. The van der Waals surface area contributed by atoms with Gasteiger partial charge in [0.1, 0.15) is 11.2 Å². The topological polar surface area (TPSA) is 71.0 Å². The Bertz CT molecular complexity index is 810. The molecule has 0 aromatic carbocycles. The maximum atomic E-state index is 14.2. The van der Waals surface area contributed by atoms with E-state index >= 15 is 0 Å². The maximum Gasteiger partial charge on any atom is 0.258 e. The highest BCUT2D eigenvalue weighted by molar-refractivity contribution is 7.18. The zero-order valence-corrected chi connectivity index (χ0v) is 16.3. The Morgan fingerprint density at radius 2 is 2.04 bits per heavy atom. The lowest BCUT2D eigenvalue weighted by atomic mass is 10.2. The van der Waals surface area contributed by atoms with Crippen LogP contribution in [0.4, 0.5) is 15.9 Å². The van der Waals surface area contributed by atoms with E-state index in [-0.39, 0.29) is 18.4 Å². The van der Waals surface area contributed by atoms with Crippen LogP contribution in [0.1, 0.15) is 47.9 Å². The second-order valence-electron chi connectivity index (χ2n) is 6.97. The van der Waals surface area contributed by atoms with Crippen molar-refractivity contribution in [3.63, 3.8) is 0 Å². The van der Waals surface area contributed by atoms with Crippen LogP contribution in [-0.4, -0.2) is 39.4 Å². The number of carbonyl (C=O) groups excluding carboxylic acids is 1. The van der Waals surface area contributed by atoms with Crippen LogP contribution in [0.15, 0.2) is 24.7 Å². The van der Waals surface area contributed by atoms with Gasteiger partial charge in [0, 0.05) is 37.5 Å². The number of hydrogen-bond acceptors (Lipinski definition) is 5. The third kappa shape index (κ3) is 3.98. The molecule has 6 nitrogen and oxygen atoms in total. The lowest BCUT2D eigenvalue weighted by Gasteiger charge is -2.22. The molecule has 3 heterocycles. The molecule has 1 saturated heterocycles. The average molecular weight is 375 g/mol. The summed E-state index contributed by atoms with van der Waals surface area (Å²) < 4.78 is 14.2. The van der Waals surface area contributed by atoms with Crippen LogP contribution in [0.2, 0.25) is 0 Å². The van der Waals surface area contributed by atoms with Crippen molar-refractivity contribution in [2.45, 2.75) is 38.5 Å². The number of carbonyl (C=O) groups is 1. The van der Waals surface area contributed by atoms with Crippen molar-refractivity contribution in [2.24, 2.45) is 0 Å². The SMILES string of the molecule is Cc1ccnc(N2CCC(F)(P)C2)c1NC(=O)c1cnc(C(C)C)nc1. The monoisotopic (exact) mass is 375 g/mol. The quantitative estimate of drug-likeness (QED) is 0.831. The summed E-state index contributed by atoms with van der Waals surface area (Å²) in [7, 11) is 2.26. The third-order valence-corrected chi connectivity index (χ3v) is 4.85. The zero-order valence-electron chi connectivity index (χ0n) is 15.2. The summed E-state index contributed by atoms with van der Waals surface area (Å²) in [5, 5.41) is 1.57. The molecule has 0 spiro atoms. The number of amides is 1. The molecule has 0 aliphatic carbocycles. The minimum atomic E-state index is -1.33. The highest BCUT2D eigenvalue weighted by Gasteiger charge is 2.35. The summed E-state index contributed by atoms with van der Waals surface area (Å²) in [4.78, 5) is 27.3. The molecule has 2 atom stereocenters. The molecule has 2 aromatic heterocycles. The molecular weight excluding hydrogens is 352 g/mol. The molecule has 0 saturated carbocycles. The first-order chi connectivity index (χ1) is 12.3. The minimum absolute atomic E-state index is 0.197. The number of halogens is 1. The van der Waals surface area contributed by atoms with Crippen molar-refractivity contribution in [1.29, 1.82) is 0 Å². The van der Waals surface area contributed by atoms with Crippen LogP contribution in [-0.2, 0) is 0 Å². The number of alkyl halides is 1. The van der Waals surface area contributed by atoms with Crippen molar-refractivity contribution in [2.75, 3.05) is 23.3 Å². The summed E-state index contributed by atoms with van der Waals surface area (Å²) >= 11 is 0. The Kier molecular flexibility index (Phi) is 5.19. The molecule has 3 rings (SSSR count). The zero-order chi connectivity index (χ0) is 18.9. The van der Waals surface area contributed by atoms with Gasteiger partial charge in [-0.25, -0.2) is 19.3 Å². The first kappa shape index (κ1) is 18.6. The van der Waals surface area contributed by atoms with Gasteiger partial charge in [0.25, 0.3) is 5.91 Å². The van der Waals surface area contributed by atoms with Crippen LogP contribution in [0.3, 0.4) is 0 Å². The van der Waals surface area contributed by atoms with Crippen molar-refractivity contribution >= 4 is 26.7 Å². The number of aryl methyl sites for hydroxylation is 1. The number of rotatable bonds is 4. The molecule has 1 aliphatic heterocycles. The molecular formula is C18H23FN5OP. The summed E-state index contributed by atoms with van der Waals surface area (Å²) in [6.45, 7) is 6.65. The summed E-state index contributed by atoms with van der Waals surface area (Å²) in [6, 6.07) is 1.82. The van der Waals surface area contributed by atoms with Gasteiger partial charge < -0.3 is 10.2 Å². The summed E-state index contributed by atoms with van der Waals surface area (Å²) in [6.07, 6.45) is 5.12. The van der Waals surface area contributed by atoms with Crippen LogP contribution >= 0.6 is 9.24 Å². The first-order valence-electron chi connectivity index (χ1n) is 8.58. The second-order valence-corrected chi connectivity index (χ2v) is 8.01. The highest BCUT2D eigenvalue weighted by Crippen LogP contribution is 2.37. The minimum Gasteiger partial charge on any atom is -0.351 e. The predicted molar refractivity (Wildman–Crippen MR) is 103 cm³/mol. The van der Waals surface area contributed by atoms with Gasteiger partial charge in [0.05, 0.1) is 17.8 Å². The van der Waals surface area contributed by atoms with E-state index in [4.69, 9.17) is 0 Å². The molecule has 8 heteroatoms. The number of nitrogens with one attached hydrogen (secondary N) is 1. The van der Waals surface area contributed by atoms with Crippen molar-refractivity contribution in [3.8, 4) is 0 Å². The molecule has 1 aliphatic rings. The molecule has 26 heavy (non-hydrogen) atoms. The molecule has 0 bridgehead atoms. The predicted octanol–water partition coefficient (Wildman–Crippen LogP) is 3.31. The smallest absolute Gasteiger partial charge is 0.258 e. The number of hydrogen-bond donors (Lipinski definition) is 1. The highest BCUT2D eigenvalue weighted by atomic mass is 31.0. The Morgan fingerprint density at radius 3 is 2.62 bits per heavy atom. The van der Waals surface area contributed by atoms with Gasteiger partial charge in [-0.2, -0.15) is 0 Å². The lowest BCUT2D eigenvalue weighted by molar-refractivity contribution is 0.102. The second kappa shape index (κ2) is 7.23. The van der Waals surface area contributed by atoms with Crippen LogP contribution in [0.25, 0.3) is 0 Å². The molecule has 1 amide bonds. The number of nitrogens with zero attached hydrogens (tertiary/aromatic N) is 4. The summed E-state index contributed by atoms with van der Waals surface area (Å²) in [5.41, 5.74) is 1.83. The van der Waals surface area contributed by atoms with Gasteiger partial charge in [0.2, 0.25) is 0 Å². The number of anilines is 2. The van der Waals surface area contributed by atoms with Gasteiger partial charge in [-0.15, -0.1) is 0 Å². The maximum absolute atomic E-state index is 14.2. The van der Waals surface area contributed by atoms with Gasteiger partial charge >= 0.3 is 0 Å². The van der Waals surface area contributed by atoms with E-state index < -0.39 is 5.41 Å². The van der Waals surface area contributed by atoms with E-state index in [0.717, 1.165) is 5.56 Å². The molecule has 138 valence electrons. The Hall–Kier alpha value is -2.14. The van der Waals surface area contributed by atoms with E-state index in [1.54, 1.807) is 6.20 Å². The van der Waals surface area contributed by atoms with Crippen molar-refractivity contribution in [1.82, 2.24) is 15.0 Å². The van der Waals surface area contributed by atoms with E-state index in [1.807, 2.05) is 31.7 Å². The van der Waals surface area contributed by atoms with Crippen LogP contribution in [0, 0.1) is 6.92 Å². The molecule has 2 aromatic rings. The van der Waals surface area contributed by atoms with Gasteiger partial charge in [-0.1, -0.05) is 23.1 Å². The molecule has 1 fully saturated rings. The summed E-state index contributed by atoms with van der Waals surface area (Å²) in [5.74, 6) is 1.16. The fourth-order valence-electron chi connectivity index (χ4n) is 2.85. The van der Waals surface area contributed by atoms with Crippen LogP contribution < -0.4 is 10.2 Å². The van der Waals surface area contributed by atoms with Crippen LogP contribution in [0.5, 0.6) is 0 Å². The average Bonchev–Trinajstić information content (AvgIpc) is 2.96. The van der Waals surface area contributed by atoms with E-state index in [0.29, 0.717) is 35.9 Å².